The normalized spacial score (nSPS) is 15.4. The number of benzene rings is 4. The van der Waals surface area contributed by atoms with Gasteiger partial charge in [0.05, 0.1) is 5.69 Å². The molecule has 226 valence electrons. The summed E-state index contributed by atoms with van der Waals surface area (Å²) in [5.41, 5.74) is 3.57. The molecule has 1 aliphatic heterocycles. The minimum atomic E-state index is -0.655. The van der Waals surface area contributed by atoms with E-state index in [1.54, 1.807) is 9.80 Å². The molecular formula is C37H38BrN3O3. The number of hydrogen-bond donors (Lipinski definition) is 1. The van der Waals surface area contributed by atoms with Crippen LogP contribution in [-0.4, -0.2) is 41.2 Å². The topological polar surface area (TPSA) is 69.7 Å². The van der Waals surface area contributed by atoms with Crippen molar-refractivity contribution in [2.24, 2.45) is 0 Å². The van der Waals surface area contributed by atoms with E-state index in [1.807, 2.05) is 91.0 Å². The van der Waals surface area contributed by atoms with Gasteiger partial charge in [0.2, 0.25) is 11.8 Å². The number of rotatable bonds is 11. The van der Waals surface area contributed by atoms with Crippen LogP contribution in [0.4, 0.5) is 5.69 Å². The maximum Gasteiger partial charge on any atom is 0.258 e. The Hall–Kier alpha value is -3.97. The largest absolute Gasteiger partial charge is 0.352 e. The summed E-state index contributed by atoms with van der Waals surface area (Å²) in [7, 11) is 0. The lowest BCUT2D eigenvalue weighted by Gasteiger charge is -2.33. The molecule has 1 N–H and O–H groups in total. The zero-order chi connectivity index (χ0) is 30.5. The van der Waals surface area contributed by atoms with Gasteiger partial charge in [0.15, 0.2) is 0 Å². The molecule has 1 aliphatic carbocycles. The summed E-state index contributed by atoms with van der Waals surface area (Å²) in [4.78, 5) is 45.0. The number of nitrogens with zero attached hydrogens (tertiary/aromatic N) is 2. The molecule has 4 aromatic rings. The second kappa shape index (κ2) is 13.8. The third kappa shape index (κ3) is 6.73. The van der Waals surface area contributed by atoms with Crippen molar-refractivity contribution in [3.05, 3.63) is 112 Å². The molecule has 0 radical (unpaired) electrons. The molecule has 4 aromatic carbocycles. The first-order valence-corrected chi connectivity index (χ1v) is 16.5. The first-order chi connectivity index (χ1) is 21.5. The molecule has 1 fully saturated rings. The van der Waals surface area contributed by atoms with E-state index in [0.29, 0.717) is 31.5 Å². The molecule has 1 saturated carbocycles. The third-order valence-corrected chi connectivity index (χ3v) is 9.38. The number of amides is 3. The molecule has 7 heteroatoms. The van der Waals surface area contributed by atoms with Crippen LogP contribution < -0.4 is 10.2 Å². The molecule has 0 saturated heterocycles. The Morgan fingerprint density at radius 2 is 1.61 bits per heavy atom. The van der Waals surface area contributed by atoms with E-state index in [0.717, 1.165) is 57.7 Å². The standard InChI is InChI=1S/C37H38BrN3O3/c38-29-16-7-13-27(23-29)25-41(33(24-26-11-3-1-4-12-26)36(43)39-30-17-5-2-6-18-30)34(42)21-10-22-40-32-20-9-15-28-14-8-19-31(35(28)32)37(40)44/h1,3-4,7-9,11-16,19-20,23,30,33H,2,5-6,10,17-18,21-22,24-25H2,(H,39,43)/t33-/m0/s1. The SMILES string of the molecule is O=C(NC1CCCCC1)[C@H](Cc1ccccc1)N(Cc1cccc(Br)c1)C(=O)CCCN1C(=O)c2cccc3cccc1c23. The van der Waals surface area contributed by atoms with Gasteiger partial charge in [-0.1, -0.05) is 102 Å². The molecule has 44 heavy (non-hydrogen) atoms. The number of hydrogen-bond acceptors (Lipinski definition) is 3. The molecule has 1 heterocycles. The summed E-state index contributed by atoms with van der Waals surface area (Å²) in [6, 6.07) is 29.1. The number of carbonyl (C=O) groups is 3. The predicted octanol–water partition coefficient (Wildman–Crippen LogP) is 7.43. The zero-order valence-corrected chi connectivity index (χ0v) is 26.5. The quantitative estimate of drug-likeness (QED) is 0.183. The Morgan fingerprint density at radius 1 is 0.886 bits per heavy atom. The van der Waals surface area contributed by atoms with Crippen LogP contribution in [0, 0.1) is 0 Å². The molecule has 3 amide bonds. The monoisotopic (exact) mass is 651 g/mol. The van der Waals surface area contributed by atoms with Crippen LogP contribution in [0.1, 0.15) is 66.4 Å². The van der Waals surface area contributed by atoms with E-state index in [1.165, 1.54) is 6.42 Å². The highest BCUT2D eigenvalue weighted by atomic mass is 79.9. The Morgan fingerprint density at radius 3 is 2.39 bits per heavy atom. The maximum atomic E-state index is 14.2. The molecular weight excluding hydrogens is 614 g/mol. The smallest absolute Gasteiger partial charge is 0.258 e. The number of anilines is 1. The Kier molecular flexibility index (Phi) is 9.41. The van der Waals surface area contributed by atoms with Gasteiger partial charge in [-0.25, -0.2) is 0 Å². The van der Waals surface area contributed by atoms with Crippen molar-refractivity contribution in [2.75, 3.05) is 11.4 Å². The summed E-state index contributed by atoms with van der Waals surface area (Å²) < 4.78 is 0.926. The van der Waals surface area contributed by atoms with Gasteiger partial charge in [-0.05, 0) is 60.0 Å². The van der Waals surface area contributed by atoms with Crippen LogP contribution in [-0.2, 0) is 22.6 Å². The van der Waals surface area contributed by atoms with Crippen LogP contribution >= 0.6 is 15.9 Å². The molecule has 0 unspecified atom stereocenters. The van der Waals surface area contributed by atoms with Crippen LogP contribution in [0.25, 0.3) is 10.8 Å². The van der Waals surface area contributed by atoms with Crippen molar-refractivity contribution in [1.29, 1.82) is 0 Å². The Balaban J connectivity index is 1.23. The minimum absolute atomic E-state index is 0.0240. The van der Waals surface area contributed by atoms with Crippen molar-refractivity contribution < 1.29 is 14.4 Å². The van der Waals surface area contributed by atoms with Gasteiger partial charge >= 0.3 is 0 Å². The van der Waals surface area contributed by atoms with Crippen molar-refractivity contribution in [1.82, 2.24) is 10.2 Å². The lowest BCUT2D eigenvalue weighted by atomic mass is 9.94. The predicted molar refractivity (Wildman–Crippen MR) is 179 cm³/mol. The average molecular weight is 653 g/mol. The van der Waals surface area contributed by atoms with E-state index in [-0.39, 0.29) is 30.2 Å². The Bertz CT molecular complexity index is 1650. The highest BCUT2D eigenvalue weighted by Crippen LogP contribution is 2.37. The van der Waals surface area contributed by atoms with Crippen LogP contribution in [0.5, 0.6) is 0 Å². The lowest BCUT2D eigenvalue weighted by molar-refractivity contribution is -0.141. The maximum absolute atomic E-state index is 14.2. The highest BCUT2D eigenvalue weighted by Gasteiger charge is 2.33. The van der Waals surface area contributed by atoms with Gasteiger partial charge in [0.1, 0.15) is 6.04 Å². The van der Waals surface area contributed by atoms with Crippen molar-refractivity contribution >= 4 is 50.1 Å². The molecule has 2 aliphatic rings. The van der Waals surface area contributed by atoms with Crippen molar-refractivity contribution in [3.63, 3.8) is 0 Å². The van der Waals surface area contributed by atoms with Gasteiger partial charge in [-0.3, -0.25) is 14.4 Å². The number of carbonyl (C=O) groups excluding carboxylic acids is 3. The third-order valence-electron chi connectivity index (χ3n) is 8.89. The summed E-state index contributed by atoms with van der Waals surface area (Å²) in [5.74, 6) is -0.211. The van der Waals surface area contributed by atoms with Crippen molar-refractivity contribution in [2.45, 2.75) is 70.0 Å². The molecule has 0 aromatic heterocycles. The fourth-order valence-electron chi connectivity index (χ4n) is 6.66. The first-order valence-electron chi connectivity index (χ1n) is 15.7. The van der Waals surface area contributed by atoms with Gasteiger partial charge in [-0.2, -0.15) is 0 Å². The summed E-state index contributed by atoms with van der Waals surface area (Å²) in [6.07, 6.45) is 6.53. The number of halogens is 1. The van der Waals surface area contributed by atoms with E-state index < -0.39 is 6.04 Å². The lowest BCUT2D eigenvalue weighted by Crippen LogP contribution is -2.52. The average Bonchev–Trinajstić information content (AvgIpc) is 3.31. The fraction of sp³-hybridized carbons (Fsp3) is 0.324. The summed E-state index contributed by atoms with van der Waals surface area (Å²) in [5, 5.41) is 5.32. The highest BCUT2D eigenvalue weighted by molar-refractivity contribution is 9.10. The van der Waals surface area contributed by atoms with Crippen LogP contribution in [0.2, 0.25) is 0 Å². The van der Waals surface area contributed by atoms with Gasteiger partial charge in [-0.15, -0.1) is 0 Å². The Labute approximate surface area is 267 Å². The second-order valence-electron chi connectivity index (χ2n) is 11.9. The zero-order valence-electron chi connectivity index (χ0n) is 24.9. The van der Waals surface area contributed by atoms with Gasteiger partial charge < -0.3 is 15.1 Å². The summed E-state index contributed by atoms with van der Waals surface area (Å²) >= 11 is 3.56. The molecule has 6 rings (SSSR count). The second-order valence-corrected chi connectivity index (χ2v) is 12.9. The molecule has 0 spiro atoms. The fourth-order valence-corrected chi connectivity index (χ4v) is 7.11. The van der Waals surface area contributed by atoms with E-state index in [2.05, 4.69) is 21.2 Å². The molecule has 1 atom stereocenters. The van der Waals surface area contributed by atoms with Crippen LogP contribution in [0.3, 0.4) is 0 Å². The van der Waals surface area contributed by atoms with Crippen molar-refractivity contribution in [3.8, 4) is 0 Å². The minimum Gasteiger partial charge on any atom is -0.352 e. The summed E-state index contributed by atoms with van der Waals surface area (Å²) in [6.45, 7) is 0.752. The van der Waals surface area contributed by atoms with Gasteiger partial charge in [0, 0.05) is 47.4 Å². The van der Waals surface area contributed by atoms with E-state index in [4.69, 9.17) is 0 Å². The van der Waals surface area contributed by atoms with E-state index >= 15 is 0 Å². The van der Waals surface area contributed by atoms with E-state index in [9.17, 15) is 14.4 Å². The molecule has 0 bridgehead atoms. The van der Waals surface area contributed by atoms with Gasteiger partial charge in [0.25, 0.3) is 5.91 Å². The van der Waals surface area contributed by atoms with Crippen LogP contribution in [0.15, 0.2) is 95.5 Å². The molecule has 6 nitrogen and oxygen atoms in total. The first kappa shape index (κ1) is 30.1. The number of nitrogens with one attached hydrogen (secondary N) is 1.